The second-order valence-electron chi connectivity index (χ2n) is 29.8. The Morgan fingerprint density at radius 1 is 0.277 bits per heavy atom. The van der Waals surface area contributed by atoms with Crippen LogP contribution in [-0.4, -0.2) is 96.7 Å². The first-order chi connectivity index (χ1) is 49.1. The molecule has 600 valence electrons. The number of hydrogen-bond acceptors (Lipinski definition) is 15. The lowest BCUT2D eigenvalue weighted by atomic mass is 9.99. The number of rotatable bonds is 82. The molecule has 0 aromatic rings. The fourth-order valence-corrected chi connectivity index (χ4v) is 14.3. The smallest absolute Gasteiger partial charge is 0.462 e. The summed E-state index contributed by atoms with van der Waals surface area (Å²) in [6.45, 7) is 7.41. The Hall–Kier alpha value is -1.94. The van der Waals surface area contributed by atoms with Crippen LogP contribution in [-0.2, 0) is 65.4 Å². The van der Waals surface area contributed by atoms with Crippen molar-refractivity contribution in [2.24, 2.45) is 5.92 Å². The lowest BCUT2D eigenvalue weighted by Crippen LogP contribution is -2.30. The summed E-state index contributed by atoms with van der Waals surface area (Å²) in [6.07, 6.45) is 66.4. The number of phosphoric ester groups is 2. The van der Waals surface area contributed by atoms with Crippen molar-refractivity contribution in [2.45, 2.75) is 457 Å². The van der Waals surface area contributed by atoms with E-state index in [0.717, 1.165) is 95.8 Å². The van der Waals surface area contributed by atoms with Gasteiger partial charge in [0.2, 0.25) is 0 Å². The van der Waals surface area contributed by atoms with E-state index in [0.29, 0.717) is 25.7 Å². The van der Waals surface area contributed by atoms with Crippen LogP contribution in [0.4, 0.5) is 0 Å². The molecule has 0 aromatic carbocycles. The standard InChI is InChI=1S/C82H160O17P2/c1-6-10-13-16-19-22-25-27-32-37-41-46-51-56-61-66-80(85)93-72-78(99-82(87)68-63-58-53-48-43-38-34-31-29-28-30-33-36-40-44-49-54-59-64-75(5)9-4)74-97-101(90,91)95-70-76(83)69-94-100(88,89)96-73-77(71-92-79(84)65-60-55-50-45-39-24-21-18-15-12-8-3)98-81(86)67-62-57-52-47-42-35-26-23-20-17-14-11-7-2/h75-78,83H,6-74H2,1-5H3,(H,88,89)(H,90,91)/t75?,76-,77+,78+/m0/s1. The Kier molecular flexibility index (Phi) is 73.5. The summed E-state index contributed by atoms with van der Waals surface area (Å²) in [7, 11) is -9.92. The van der Waals surface area contributed by atoms with Crippen LogP contribution in [0.1, 0.15) is 439 Å². The fourth-order valence-electron chi connectivity index (χ4n) is 12.7. The number of aliphatic hydroxyl groups is 1. The highest BCUT2D eigenvalue weighted by Gasteiger charge is 2.30. The van der Waals surface area contributed by atoms with Crippen LogP contribution < -0.4 is 0 Å². The van der Waals surface area contributed by atoms with Crippen LogP contribution in [0.5, 0.6) is 0 Å². The number of phosphoric acid groups is 2. The average molecular weight is 1480 g/mol. The number of unbranched alkanes of at least 4 members (excludes halogenated alkanes) is 53. The Morgan fingerprint density at radius 3 is 0.703 bits per heavy atom. The van der Waals surface area contributed by atoms with Crippen LogP contribution in [0.3, 0.4) is 0 Å². The molecule has 0 aliphatic rings. The molecule has 0 aromatic heterocycles. The molecule has 19 heteroatoms. The minimum Gasteiger partial charge on any atom is -0.462 e. The lowest BCUT2D eigenvalue weighted by Gasteiger charge is -2.21. The second kappa shape index (κ2) is 74.9. The van der Waals surface area contributed by atoms with Crippen molar-refractivity contribution in [1.82, 2.24) is 0 Å². The van der Waals surface area contributed by atoms with E-state index in [1.165, 1.54) is 263 Å². The summed E-state index contributed by atoms with van der Waals surface area (Å²) in [5, 5.41) is 10.6. The number of hydrogen-bond donors (Lipinski definition) is 3. The highest BCUT2D eigenvalue weighted by molar-refractivity contribution is 7.47. The average Bonchev–Trinajstić information content (AvgIpc) is 0.927. The molecule has 0 bridgehead atoms. The van der Waals surface area contributed by atoms with E-state index >= 15 is 0 Å². The van der Waals surface area contributed by atoms with Gasteiger partial charge >= 0.3 is 39.5 Å². The van der Waals surface area contributed by atoms with Gasteiger partial charge in [0, 0.05) is 25.7 Å². The molecule has 0 aliphatic carbocycles. The summed E-state index contributed by atoms with van der Waals surface area (Å²) >= 11 is 0. The first kappa shape index (κ1) is 99.1. The molecule has 0 heterocycles. The predicted molar refractivity (Wildman–Crippen MR) is 414 cm³/mol. The molecule has 0 spiro atoms. The topological polar surface area (TPSA) is 237 Å². The molecule has 3 unspecified atom stereocenters. The van der Waals surface area contributed by atoms with Crippen molar-refractivity contribution in [3.63, 3.8) is 0 Å². The van der Waals surface area contributed by atoms with Gasteiger partial charge in [-0.05, 0) is 31.6 Å². The maximum absolute atomic E-state index is 13.1. The molecule has 0 aliphatic heterocycles. The zero-order valence-corrected chi connectivity index (χ0v) is 67.8. The van der Waals surface area contributed by atoms with Crippen molar-refractivity contribution in [2.75, 3.05) is 39.6 Å². The van der Waals surface area contributed by atoms with Gasteiger partial charge in [-0.1, -0.05) is 388 Å². The van der Waals surface area contributed by atoms with Crippen molar-refractivity contribution < 1.29 is 80.2 Å². The molecular weight excluding hydrogens is 1320 g/mol. The van der Waals surface area contributed by atoms with Crippen molar-refractivity contribution in [3.05, 3.63) is 0 Å². The fraction of sp³-hybridized carbons (Fsp3) is 0.951. The minimum atomic E-state index is -4.96. The number of esters is 4. The van der Waals surface area contributed by atoms with Crippen LogP contribution in [0.15, 0.2) is 0 Å². The second-order valence-corrected chi connectivity index (χ2v) is 32.7. The number of carbonyl (C=O) groups is 4. The van der Waals surface area contributed by atoms with Gasteiger partial charge < -0.3 is 33.8 Å². The maximum atomic E-state index is 13.1. The third-order valence-corrected chi connectivity index (χ3v) is 21.5. The molecular formula is C82H160O17P2. The summed E-state index contributed by atoms with van der Waals surface area (Å²) in [5.41, 5.74) is 0. The Labute approximate surface area is 619 Å². The summed E-state index contributed by atoms with van der Waals surface area (Å²) < 4.78 is 68.7. The highest BCUT2D eigenvalue weighted by atomic mass is 31.2. The van der Waals surface area contributed by atoms with E-state index < -0.39 is 97.5 Å². The minimum absolute atomic E-state index is 0.108. The number of aliphatic hydroxyl groups excluding tert-OH is 1. The Morgan fingerprint density at radius 2 is 0.475 bits per heavy atom. The Balaban J connectivity index is 5.21. The van der Waals surface area contributed by atoms with Crippen molar-refractivity contribution >= 4 is 39.5 Å². The number of ether oxygens (including phenoxy) is 4. The van der Waals surface area contributed by atoms with Gasteiger partial charge in [-0.3, -0.25) is 37.3 Å². The first-order valence-corrected chi connectivity index (χ1v) is 45.7. The molecule has 0 amide bonds. The third-order valence-electron chi connectivity index (χ3n) is 19.6. The van der Waals surface area contributed by atoms with Gasteiger partial charge in [0.05, 0.1) is 26.4 Å². The molecule has 0 saturated heterocycles. The van der Waals surface area contributed by atoms with Crippen LogP contribution >= 0.6 is 15.6 Å². The molecule has 17 nitrogen and oxygen atoms in total. The van der Waals surface area contributed by atoms with Crippen LogP contribution in [0, 0.1) is 5.92 Å². The van der Waals surface area contributed by atoms with Gasteiger partial charge in [0.1, 0.15) is 19.3 Å². The van der Waals surface area contributed by atoms with Gasteiger partial charge in [0.15, 0.2) is 12.2 Å². The molecule has 0 radical (unpaired) electrons. The zero-order chi connectivity index (χ0) is 74.1. The van der Waals surface area contributed by atoms with E-state index in [1.54, 1.807) is 0 Å². The molecule has 0 rings (SSSR count). The normalized spacial score (nSPS) is 14.1. The summed E-state index contributed by atoms with van der Waals surface area (Å²) in [5.74, 6) is -1.23. The third kappa shape index (κ3) is 74.7. The molecule has 101 heavy (non-hydrogen) atoms. The lowest BCUT2D eigenvalue weighted by molar-refractivity contribution is -0.161. The molecule has 3 N–H and O–H groups in total. The predicted octanol–water partition coefficient (Wildman–Crippen LogP) is 24.8. The van der Waals surface area contributed by atoms with Crippen LogP contribution in [0.25, 0.3) is 0 Å². The van der Waals surface area contributed by atoms with E-state index in [4.69, 9.17) is 37.0 Å². The van der Waals surface area contributed by atoms with E-state index in [-0.39, 0.29) is 25.7 Å². The monoisotopic (exact) mass is 1480 g/mol. The molecule has 0 fully saturated rings. The number of carbonyl (C=O) groups excluding carboxylic acids is 4. The Bertz CT molecular complexity index is 1930. The van der Waals surface area contributed by atoms with Crippen molar-refractivity contribution in [3.8, 4) is 0 Å². The first-order valence-electron chi connectivity index (χ1n) is 42.7. The van der Waals surface area contributed by atoms with E-state index in [2.05, 4.69) is 34.6 Å². The SMILES string of the molecule is CCCCCCCCCCCCCCCCCC(=O)OC[C@H](COP(=O)(O)OC[C@@H](O)COP(=O)(O)OC[C@@H](COC(=O)CCCCCCCCCCCCC)OC(=O)CCCCCCCCCCCCCCC)OC(=O)CCCCCCCCCCCCCCCCCCCCC(C)CC. The van der Waals surface area contributed by atoms with E-state index in [1.807, 2.05) is 0 Å². The zero-order valence-electron chi connectivity index (χ0n) is 66.1. The maximum Gasteiger partial charge on any atom is 0.472 e. The van der Waals surface area contributed by atoms with Gasteiger partial charge in [-0.2, -0.15) is 0 Å². The van der Waals surface area contributed by atoms with Gasteiger partial charge in [-0.25, -0.2) is 9.13 Å². The quantitative estimate of drug-likeness (QED) is 0.0222. The molecule has 6 atom stereocenters. The molecule has 0 saturated carbocycles. The van der Waals surface area contributed by atoms with Crippen LogP contribution in [0.2, 0.25) is 0 Å². The largest absolute Gasteiger partial charge is 0.472 e. The van der Waals surface area contributed by atoms with Gasteiger partial charge in [0.25, 0.3) is 0 Å². The summed E-state index contributed by atoms with van der Waals surface area (Å²) in [6, 6.07) is 0. The van der Waals surface area contributed by atoms with Crippen molar-refractivity contribution in [1.29, 1.82) is 0 Å². The van der Waals surface area contributed by atoms with Gasteiger partial charge in [-0.15, -0.1) is 0 Å². The highest BCUT2D eigenvalue weighted by Crippen LogP contribution is 2.45. The summed E-state index contributed by atoms with van der Waals surface area (Å²) in [4.78, 5) is 73.0. The van der Waals surface area contributed by atoms with E-state index in [9.17, 15) is 43.2 Å².